The van der Waals surface area contributed by atoms with E-state index in [2.05, 4.69) is 51.2 Å². The van der Waals surface area contributed by atoms with Crippen LogP contribution in [0.4, 0.5) is 0 Å². The number of rotatable bonds is 7. The third kappa shape index (κ3) is 10.6. The van der Waals surface area contributed by atoms with E-state index >= 15 is 0 Å². The average Bonchev–Trinajstić information content (AvgIpc) is 2.10. The molecule has 0 aromatic carbocycles. The fourth-order valence-electron chi connectivity index (χ4n) is 1.42. The molecule has 92 valence electrons. The predicted octanol–water partition coefficient (Wildman–Crippen LogP) is 2.31. The minimum atomic E-state index is 0.242. The van der Waals surface area contributed by atoms with Crippen LogP contribution in [0.5, 0.6) is 0 Å². The van der Waals surface area contributed by atoms with Crippen molar-refractivity contribution in [3.05, 3.63) is 0 Å². The molecule has 15 heavy (non-hydrogen) atoms. The first-order chi connectivity index (χ1) is 6.85. The van der Waals surface area contributed by atoms with Crippen LogP contribution in [0.1, 0.15) is 27.7 Å². The van der Waals surface area contributed by atoms with Crippen molar-refractivity contribution in [1.29, 1.82) is 0 Å². The molecule has 1 unspecified atom stereocenters. The smallest absolute Gasteiger partial charge is 0.00966 e. The van der Waals surface area contributed by atoms with Gasteiger partial charge in [0.2, 0.25) is 0 Å². The molecule has 0 bridgehead atoms. The van der Waals surface area contributed by atoms with Gasteiger partial charge in [0.1, 0.15) is 0 Å². The second-order valence-electron chi connectivity index (χ2n) is 5.49. The Morgan fingerprint density at radius 1 is 1.33 bits per heavy atom. The van der Waals surface area contributed by atoms with Crippen molar-refractivity contribution in [3.8, 4) is 0 Å². The molecule has 0 saturated carbocycles. The Bertz CT molecular complexity index is 154. The summed E-state index contributed by atoms with van der Waals surface area (Å²) in [5.41, 5.74) is 0.242. The Hall–Kier alpha value is 0.270. The van der Waals surface area contributed by atoms with Gasteiger partial charge < -0.3 is 10.2 Å². The molecule has 0 aliphatic heterocycles. The van der Waals surface area contributed by atoms with E-state index in [1.165, 1.54) is 18.8 Å². The van der Waals surface area contributed by atoms with Gasteiger partial charge in [-0.1, -0.05) is 6.92 Å². The third-order valence-electron chi connectivity index (χ3n) is 2.28. The van der Waals surface area contributed by atoms with Crippen LogP contribution in [-0.4, -0.2) is 49.1 Å². The first-order valence-corrected chi connectivity index (χ1v) is 7.17. The first-order valence-electron chi connectivity index (χ1n) is 5.77. The molecule has 3 heteroatoms. The summed E-state index contributed by atoms with van der Waals surface area (Å²) in [5, 5.41) is 3.55. The maximum Gasteiger partial charge on any atom is 0.00966 e. The van der Waals surface area contributed by atoms with E-state index < -0.39 is 0 Å². The Kier molecular flexibility index (Phi) is 7.66. The van der Waals surface area contributed by atoms with Gasteiger partial charge in [-0.3, -0.25) is 0 Å². The molecular formula is C12H28N2S. The highest BCUT2D eigenvalue weighted by molar-refractivity contribution is 7.98. The molecule has 0 rings (SSSR count). The fraction of sp³-hybridized carbons (Fsp3) is 1.00. The fourth-order valence-corrected chi connectivity index (χ4v) is 1.91. The largest absolute Gasteiger partial charge is 0.312 e. The standard InChI is InChI=1S/C12H28N2S/c1-11(9-13-12(2,3)4)10-14(5)7-8-15-6/h11,13H,7-10H2,1-6H3. The van der Waals surface area contributed by atoms with Crippen LogP contribution >= 0.6 is 11.8 Å². The summed E-state index contributed by atoms with van der Waals surface area (Å²) in [6.07, 6.45) is 2.17. The molecule has 0 heterocycles. The summed E-state index contributed by atoms with van der Waals surface area (Å²) < 4.78 is 0. The molecule has 1 atom stereocenters. The highest BCUT2D eigenvalue weighted by Crippen LogP contribution is 2.03. The summed E-state index contributed by atoms with van der Waals surface area (Å²) in [5.74, 6) is 1.95. The van der Waals surface area contributed by atoms with Crippen LogP contribution in [0.3, 0.4) is 0 Å². The molecule has 0 aliphatic rings. The Labute approximate surface area is 100 Å². The van der Waals surface area contributed by atoms with E-state index in [4.69, 9.17) is 0 Å². The Morgan fingerprint density at radius 2 is 1.93 bits per heavy atom. The number of hydrogen-bond donors (Lipinski definition) is 1. The number of thioether (sulfide) groups is 1. The van der Waals surface area contributed by atoms with E-state index in [0.29, 0.717) is 0 Å². The van der Waals surface area contributed by atoms with Crippen LogP contribution in [0, 0.1) is 5.92 Å². The van der Waals surface area contributed by atoms with Gasteiger partial charge >= 0.3 is 0 Å². The molecule has 0 spiro atoms. The zero-order valence-electron chi connectivity index (χ0n) is 11.3. The van der Waals surface area contributed by atoms with Gasteiger partial charge in [0.25, 0.3) is 0 Å². The molecule has 0 saturated heterocycles. The van der Waals surface area contributed by atoms with Crippen molar-refractivity contribution in [2.75, 3.05) is 38.7 Å². The summed E-state index contributed by atoms with van der Waals surface area (Å²) in [7, 11) is 2.21. The SMILES string of the molecule is CSCCN(C)CC(C)CNC(C)(C)C. The minimum absolute atomic E-state index is 0.242. The normalized spacial score (nSPS) is 14.6. The lowest BCUT2D eigenvalue weighted by Crippen LogP contribution is -2.41. The van der Waals surface area contributed by atoms with E-state index in [-0.39, 0.29) is 5.54 Å². The quantitative estimate of drug-likeness (QED) is 0.725. The number of nitrogens with one attached hydrogen (secondary N) is 1. The minimum Gasteiger partial charge on any atom is -0.312 e. The molecule has 0 fully saturated rings. The Morgan fingerprint density at radius 3 is 2.40 bits per heavy atom. The highest BCUT2D eigenvalue weighted by atomic mass is 32.2. The van der Waals surface area contributed by atoms with Gasteiger partial charge in [-0.05, 0) is 46.5 Å². The number of hydrogen-bond acceptors (Lipinski definition) is 3. The molecule has 2 nitrogen and oxygen atoms in total. The van der Waals surface area contributed by atoms with E-state index in [9.17, 15) is 0 Å². The maximum atomic E-state index is 3.55. The lowest BCUT2D eigenvalue weighted by atomic mass is 10.1. The van der Waals surface area contributed by atoms with Crippen molar-refractivity contribution < 1.29 is 0 Å². The van der Waals surface area contributed by atoms with Gasteiger partial charge in [0.15, 0.2) is 0 Å². The van der Waals surface area contributed by atoms with Crippen molar-refractivity contribution in [2.45, 2.75) is 33.2 Å². The van der Waals surface area contributed by atoms with Crippen molar-refractivity contribution in [2.24, 2.45) is 5.92 Å². The number of nitrogens with zero attached hydrogens (tertiary/aromatic N) is 1. The zero-order valence-corrected chi connectivity index (χ0v) is 12.1. The molecule has 0 aliphatic carbocycles. The predicted molar refractivity (Wildman–Crippen MR) is 72.8 cm³/mol. The second-order valence-corrected chi connectivity index (χ2v) is 6.48. The van der Waals surface area contributed by atoms with E-state index in [1.54, 1.807) is 0 Å². The van der Waals surface area contributed by atoms with Gasteiger partial charge in [0.05, 0.1) is 0 Å². The molecule has 0 amide bonds. The lowest BCUT2D eigenvalue weighted by molar-refractivity contribution is 0.279. The topological polar surface area (TPSA) is 15.3 Å². The summed E-state index contributed by atoms with van der Waals surface area (Å²) in [4.78, 5) is 2.42. The van der Waals surface area contributed by atoms with Crippen molar-refractivity contribution in [1.82, 2.24) is 10.2 Å². The van der Waals surface area contributed by atoms with E-state index in [1.807, 2.05) is 11.8 Å². The Balaban J connectivity index is 3.59. The van der Waals surface area contributed by atoms with Crippen LogP contribution in [0.2, 0.25) is 0 Å². The van der Waals surface area contributed by atoms with Gasteiger partial charge in [-0.25, -0.2) is 0 Å². The lowest BCUT2D eigenvalue weighted by Gasteiger charge is -2.26. The zero-order chi connectivity index (χ0) is 11.9. The maximum absolute atomic E-state index is 3.55. The second kappa shape index (κ2) is 7.53. The first kappa shape index (κ1) is 15.3. The molecule has 0 radical (unpaired) electrons. The highest BCUT2D eigenvalue weighted by Gasteiger charge is 2.12. The molecule has 0 aromatic rings. The summed E-state index contributed by atoms with van der Waals surface area (Å²) >= 11 is 1.92. The molecule has 0 aromatic heterocycles. The van der Waals surface area contributed by atoms with Gasteiger partial charge in [-0.15, -0.1) is 0 Å². The van der Waals surface area contributed by atoms with Crippen LogP contribution < -0.4 is 5.32 Å². The van der Waals surface area contributed by atoms with Crippen molar-refractivity contribution >= 4 is 11.8 Å². The van der Waals surface area contributed by atoms with E-state index in [0.717, 1.165) is 12.5 Å². The summed E-state index contributed by atoms with van der Waals surface area (Å²) in [6.45, 7) is 12.5. The van der Waals surface area contributed by atoms with Gasteiger partial charge in [-0.2, -0.15) is 11.8 Å². The molecule has 1 N–H and O–H groups in total. The summed E-state index contributed by atoms with van der Waals surface area (Å²) in [6, 6.07) is 0. The monoisotopic (exact) mass is 232 g/mol. The van der Waals surface area contributed by atoms with Crippen LogP contribution in [0.25, 0.3) is 0 Å². The van der Waals surface area contributed by atoms with Crippen LogP contribution in [0.15, 0.2) is 0 Å². The average molecular weight is 232 g/mol. The molecular weight excluding hydrogens is 204 g/mol. The third-order valence-corrected chi connectivity index (χ3v) is 2.87. The van der Waals surface area contributed by atoms with Crippen LogP contribution in [-0.2, 0) is 0 Å². The van der Waals surface area contributed by atoms with Crippen molar-refractivity contribution in [3.63, 3.8) is 0 Å². The van der Waals surface area contributed by atoms with Gasteiger partial charge in [0, 0.05) is 24.4 Å².